The zero-order valence-electron chi connectivity index (χ0n) is 19.2. The predicted octanol–water partition coefficient (Wildman–Crippen LogP) is 4.08. The second-order valence-electron chi connectivity index (χ2n) is 8.09. The van der Waals surface area contributed by atoms with Gasteiger partial charge < -0.3 is 16.4 Å². The number of carbonyl (C=O) groups is 1. The lowest BCUT2D eigenvalue weighted by atomic mass is 10.0. The number of nitrogen functional groups attached to an aromatic ring is 1. The van der Waals surface area contributed by atoms with Crippen LogP contribution in [0.15, 0.2) is 108 Å². The Hall–Kier alpha value is -4.47. The number of primary sulfonamides is 1. The van der Waals surface area contributed by atoms with Crippen LogP contribution in [0.5, 0.6) is 0 Å². The van der Waals surface area contributed by atoms with E-state index in [0.29, 0.717) is 28.1 Å². The molecule has 0 radical (unpaired) electrons. The molecule has 0 heterocycles. The summed E-state index contributed by atoms with van der Waals surface area (Å²) >= 11 is 0. The van der Waals surface area contributed by atoms with Crippen molar-refractivity contribution in [3.05, 3.63) is 114 Å². The molecular formula is C27H25N5O3S. The highest BCUT2D eigenvalue weighted by Gasteiger charge is 2.21. The second-order valence-corrected chi connectivity index (χ2v) is 9.62. The third kappa shape index (κ3) is 5.77. The highest BCUT2D eigenvalue weighted by molar-refractivity contribution is 7.89. The molecule has 7 N–H and O–H groups in total. The first kappa shape index (κ1) is 24.6. The average molecular weight is 500 g/mol. The van der Waals surface area contributed by atoms with E-state index in [4.69, 9.17) is 16.3 Å². The van der Waals surface area contributed by atoms with Gasteiger partial charge in [0.25, 0.3) is 5.91 Å². The fourth-order valence-electron chi connectivity index (χ4n) is 3.79. The maximum atomic E-state index is 13.3. The maximum absolute atomic E-state index is 13.3. The van der Waals surface area contributed by atoms with Gasteiger partial charge in [0, 0.05) is 22.5 Å². The second kappa shape index (κ2) is 10.4. The number of hydrogen-bond donors (Lipinski definition) is 5. The number of hydrogen-bond acceptors (Lipinski definition) is 5. The minimum absolute atomic E-state index is 0.0305. The number of carbonyl (C=O) groups excluding carboxylic acids is 1. The van der Waals surface area contributed by atoms with Crippen LogP contribution in [0, 0.1) is 5.41 Å². The van der Waals surface area contributed by atoms with Crippen molar-refractivity contribution in [2.24, 2.45) is 10.9 Å². The van der Waals surface area contributed by atoms with Crippen molar-refractivity contribution in [3.8, 4) is 11.1 Å². The minimum atomic E-state index is -3.89. The zero-order chi connectivity index (χ0) is 25.7. The molecule has 9 heteroatoms. The van der Waals surface area contributed by atoms with Gasteiger partial charge in [0.15, 0.2) is 0 Å². The van der Waals surface area contributed by atoms with Crippen LogP contribution in [0.2, 0.25) is 0 Å². The molecule has 1 amide bonds. The summed E-state index contributed by atoms with van der Waals surface area (Å²) in [6, 6.07) is 28.9. The number of sulfonamides is 1. The first-order chi connectivity index (χ1) is 17.2. The number of nitrogens with two attached hydrogens (primary N) is 2. The Morgan fingerprint density at radius 3 is 2.14 bits per heavy atom. The molecule has 0 aliphatic rings. The van der Waals surface area contributed by atoms with Crippen LogP contribution in [0.3, 0.4) is 0 Å². The summed E-state index contributed by atoms with van der Waals surface area (Å²) in [5.74, 6) is -0.365. The lowest BCUT2D eigenvalue weighted by Crippen LogP contribution is -2.27. The van der Waals surface area contributed by atoms with Gasteiger partial charge in [-0.25, -0.2) is 13.6 Å². The van der Waals surface area contributed by atoms with Gasteiger partial charge in [-0.2, -0.15) is 0 Å². The number of rotatable bonds is 8. The van der Waals surface area contributed by atoms with Gasteiger partial charge in [0.05, 0.1) is 4.90 Å². The summed E-state index contributed by atoms with van der Waals surface area (Å²) in [6.45, 7) is 0. The highest BCUT2D eigenvalue weighted by Crippen LogP contribution is 2.28. The van der Waals surface area contributed by atoms with Gasteiger partial charge >= 0.3 is 0 Å². The first-order valence-corrected chi connectivity index (χ1v) is 12.6. The molecule has 0 aromatic heterocycles. The molecule has 36 heavy (non-hydrogen) atoms. The van der Waals surface area contributed by atoms with Crippen LogP contribution in [0.4, 0.5) is 11.4 Å². The molecule has 8 nitrogen and oxygen atoms in total. The molecule has 0 aliphatic heterocycles. The fourth-order valence-corrected chi connectivity index (χ4v) is 4.55. The van der Waals surface area contributed by atoms with Crippen LogP contribution in [0.1, 0.15) is 17.2 Å². The largest absolute Gasteiger partial charge is 0.384 e. The molecule has 1 unspecified atom stereocenters. The van der Waals surface area contributed by atoms with Crippen LogP contribution in [-0.2, 0) is 14.8 Å². The van der Waals surface area contributed by atoms with Gasteiger partial charge in [0.1, 0.15) is 11.9 Å². The normalized spacial score (nSPS) is 11.9. The first-order valence-electron chi connectivity index (χ1n) is 11.0. The summed E-state index contributed by atoms with van der Waals surface area (Å²) in [7, 11) is -3.89. The summed E-state index contributed by atoms with van der Waals surface area (Å²) in [6.07, 6.45) is 0. The molecule has 4 aromatic rings. The third-order valence-corrected chi connectivity index (χ3v) is 6.51. The average Bonchev–Trinajstić information content (AvgIpc) is 2.88. The van der Waals surface area contributed by atoms with Crippen molar-refractivity contribution >= 4 is 33.1 Å². The Morgan fingerprint density at radius 2 is 1.47 bits per heavy atom. The van der Waals surface area contributed by atoms with E-state index in [1.807, 2.05) is 30.3 Å². The van der Waals surface area contributed by atoms with Gasteiger partial charge in [-0.1, -0.05) is 72.8 Å². The van der Waals surface area contributed by atoms with E-state index >= 15 is 0 Å². The Balaban J connectivity index is 1.59. The van der Waals surface area contributed by atoms with Crippen LogP contribution >= 0.6 is 0 Å². The fraction of sp³-hybridized carbons (Fsp3) is 0.0370. The van der Waals surface area contributed by atoms with E-state index in [9.17, 15) is 13.2 Å². The Bertz CT molecular complexity index is 1500. The van der Waals surface area contributed by atoms with Crippen molar-refractivity contribution in [2.45, 2.75) is 10.9 Å². The third-order valence-electron chi connectivity index (χ3n) is 5.54. The van der Waals surface area contributed by atoms with Crippen molar-refractivity contribution in [1.29, 1.82) is 5.41 Å². The van der Waals surface area contributed by atoms with Gasteiger partial charge in [-0.05, 0) is 41.5 Å². The number of amides is 1. The van der Waals surface area contributed by atoms with E-state index in [1.54, 1.807) is 66.7 Å². The van der Waals surface area contributed by atoms with Gasteiger partial charge in [0.2, 0.25) is 10.0 Å². The Kier molecular flexibility index (Phi) is 7.14. The van der Waals surface area contributed by atoms with Crippen LogP contribution < -0.4 is 21.5 Å². The molecule has 0 saturated heterocycles. The van der Waals surface area contributed by atoms with Gasteiger partial charge in [-0.15, -0.1) is 0 Å². The lowest BCUT2D eigenvalue weighted by Gasteiger charge is -2.20. The van der Waals surface area contributed by atoms with Crippen LogP contribution in [-0.4, -0.2) is 20.2 Å². The smallest absolute Gasteiger partial charge is 0.251 e. The molecule has 0 saturated carbocycles. The SMILES string of the molecule is N=C(N)c1cccc(NC(C(=O)Nc2ccc(-c3ccccc3S(N)(=O)=O)cc2)c2ccccc2)c1. The lowest BCUT2D eigenvalue weighted by molar-refractivity contribution is -0.117. The van der Waals surface area contributed by atoms with E-state index < -0.39 is 16.1 Å². The number of amidine groups is 1. The monoisotopic (exact) mass is 499 g/mol. The molecule has 0 spiro atoms. The summed E-state index contributed by atoms with van der Waals surface area (Å²) in [5.41, 5.74) is 9.21. The molecule has 4 aromatic carbocycles. The van der Waals surface area contributed by atoms with Crippen molar-refractivity contribution in [2.75, 3.05) is 10.6 Å². The maximum Gasteiger partial charge on any atom is 0.251 e. The topological polar surface area (TPSA) is 151 Å². The Morgan fingerprint density at radius 1 is 0.806 bits per heavy atom. The predicted molar refractivity (Wildman–Crippen MR) is 142 cm³/mol. The Labute approximate surface area is 209 Å². The quantitative estimate of drug-likeness (QED) is 0.183. The molecule has 182 valence electrons. The van der Waals surface area contributed by atoms with E-state index in [-0.39, 0.29) is 16.6 Å². The number of anilines is 2. The molecule has 0 fully saturated rings. The molecule has 4 rings (SSSR count). The van der Waals surface area contributed by atoms with Crippen molar-refractivity contribution in [1.82, 2.24) is 0 Å². The minimum Gasteiger partial charge on any atom is -0.384 e. The molecule has 1 atom stereocenters. The number of benzene rings is 4. The number of nitrogens with one attached hydrogen (secondary N) is 3. The summed E-state index contributed by atoms with van der Waals surface area (Å²) in [4.78, 5) is 13.4. The van der Waals surface area contributed by atoms with Gasteiger partial charge in [-0.3, -0.25) is 10.2 Å². The zero-order valence-corrected chi connectivity index (χ0v) is 20.0. The molecular weight excluding hydrogens is 474 g/mol. The molecule has 0 aliphatic carbocycles. The summed E-state index contributed by atoms with van der Waals surface area (Å²) < 4.78 is 23.9. The van der Waals surface area contributed by atoms with E-state index in [2.05, 4.69) is 10.6 Å². The van der Waals surface area contributed by atoms with E-state index in [0.717, 1.165) is 5.56 Å². The molecule has 0 bridgehead atoms. The summed E-state index contributed by atoms with van der Waals surface area (Å²) in [5, 5.41) is 19.2. The highest BCUT2D eigenvalue weighted by atomic mass is 32.2. The van der Waals surface area contributed by atoms with E-state index in [1.165, 1.54) is 6.07 Å². The van der Waals surface area contributed by atoms with Crippen molar-refractivity contribution < 1.29 is 13.2 Å². The standard InChI is InChI=1S/C27H25N5O3S/c28-26(29)20-9-6-10-22(17-20)31-25(19-7-2-1-3-8-19)27(33)32-21-15-13-18(14-16-21)23-11-4-5-12-24(23)36(30,34)35/h1-17,25,31H,(H3,28,29)(H,32,33)(H2,30,34,35). The van der Waals surface area contributed by atoms with Crippen LogP contribution in [0.25, 0.3) is 11.1 Å². The van der Waals surface area contributed by atoms with Crippen molar-refractivity contribution in [3.63, 3.8) is 0 Å².